The first-order valence-corrected chi connectivity index (χ1v) is 18.9. The van der Waals surface area contributed by atoms with E-state index in [0.717, 1.165) is 82.9 Å². The normalized spacial score (nSPS) is 14.7. The summed E-state index contributed by atoms with van der Waals surface area (Å²) in [4.78, 5) is 41.7. The van der Waals surface area contributed by atoms with Crippen LogP contribution in [0.1, 0.15) is 74.1 Å². The van der Waals surface area contributed by atoms with Gasteiger partial charge in [0.05, 0.1) is 34.8 Å². The number of rotatable bonds is 11. The number of hydrogen-bond acceptors (Lipinski definition) is 4. The zero-order chi connectivity index (χ0) is 37.0. The van der Waals surface area contributed by atoms with E-state index in [-0.39, 0.29) is 17.9 Å². The number of aryl methyl sites for hydroxylation is 1. The first kappa shape index (κ1) is 34.8. The number of unbranched alkanes of at least 4 members (excludes halogenated alkanes) is 1. The zero-order valence-corrected chi connectivity index (χ0v) is 30.7. The van der Waals surface area contributed by atoms with Crippen molar-refractivity contribution < 1.29 is 9.59 Å². The van der Waals surface area contributed by atoms with E-state index in [1.165, 1.54) is 23.2 Å². The molecule has 2 atom stereocenters. The lowest BCUT2D eigenvalue weighted by Crippen LogP contribution is -2.42. The summed E-state index contributed by atoms with van der Waals surface area (Å²) in [5.74, 6) is 0.391. The van der Waals surface area contributed by atoms with Gasteiger partial charge in [0, 0.05) is 53.0 Å². The number of nitrogens with zero attached hydrogens (tertiary/aromatic N) is 4. The predicted octanol–water partition coefficient (Wildman–Crippen LogP) is 9.69. The first-order valence-electron chi connectivity index (χ1n) is 18.9. The van der Waals surface area contributed by atoms with Crippen molar-refractivity contribution in [1.29, 1.82) is 0 Å². The summed E-state index contributed by atoms with van der Waals surface area (Å²) in [5.41, 5.74) is 9.04. The van der Waals surface area contributed by atoms with E-state index < -0.39 is 6.04 Å². The number of aromatic nitrogens is 3. The number of H-pyrrole nitrogens is 1. The van der Waals surface area contributed by atoms with Crippen LogP contribution in [0.3, 0.4) is 0 Å². The molecule has 0 aliphatic carbocycles. The number of aromatic amines is 1. The van der Waals surface area contributed by atoms with Crippen molar-refractivity contribution in [3.8, 4) is 11.3 Å². The maximum Gasteiger partial charge on any atom is 0.250 e. The molecule has 1 unspecified atom stereocenters. The standard InChI is InChI=1S/C46H44N6O2/c1-3-4-26-51-41-28-35(39-30-47-45(50-39)40-21-14-27-52(40)46(54)44(48-31(2)53)34-19-12-7-13-20-34)22-24-37(41)38-25-23-36(29-42(38)51)49-43(32-15-8-5-9-16-32)33-17-10-6-11-18-33/h5-13,15-20,22-25,28-30,40,44H,3-4,14,21,26-27H2,1-2H3,(H,47,50)(H,48,53)/t40?,44-/m1/s1. The molecule has 1 fully saturated rings. The van der Waals surface area contributed by atoms with E-state index in [9.17, 15) is 9.59 Å². The molecule has 0 bridgehead atoms. The van der Waals surface area contributed by atoms with E-state index in [1.54, 1.807) is 0 Å². The topological polar surface area (TPSA) is 95.4 Å². The molecule has 5 aromatic carbocycles. The molecule has 270 valence electrons. The molecular weight excluding hydrogens is 669 g/mol. The molecule has 8 rings (SSSR count). The van der Waals surface area contributed by atoms with Gasteiger partial charge >= 0.3 is 0 Å². The van der Waals surface area contributed by atoms with Crippen molar-refractivity contribution in [2.75, 3.05) is 6.54 Å². The lowest BCUT2D eigenvalue weighted by atomic mass is 10.0. The molecule has 1 aliphatic rings. The number of carbonyl (C=O) groups is 2. The van der Waals surface area contributed by atoms with Crippen LogP contribution in [0.25, 0.3) is 33.1 Å². The lowest BCUT2D eigenvalue weighted by Gasteiger charge is -2.28. The highest BCUT2D eigenvalue weighted by Crippen LogP contribution is 2.37. The minimum Gasteiger partial charge on any atom is -0.341 e. The second kappa shape index (κ2) is 15.4. The van der Waals surface area contributed by atoms with Gasteiger partial charge in [-0.3, -0.25) is 9.59 Å². The largest absolute Gasteiger partial charge is 0.341 e. The average Bonchev–Trinajstić information content (AvgIpc) is 3.97. The molecule has 3 heterocycles. The number of benzene rings is 5. The van der Waals surface area contributed by atoms with E-state index in [0.29, 0.717) is 6.54 Å². The van der Waals surface area contributed by atoms with Crippen LogP contribution >= 0.6 is 0 Å². The van der Waals surface area contributed by atoms with Crippen molar-refractivity contribution in [3.63, 3.8) is 0 Å². The van der Waals surface area contributed by atoms with Gasteiger partial charge in [-0.25, -0.2) is 9.98 Å². The van der Waals surface area contributed by atoms with E-state index in [1.807, 2.05) is 53.6 Å². The number of carbonyl (C=O) groups excluding carboxylic acids is 2. The molecule has 0 spiro atoms. The van der Waals surface area contributed by atoms with Crippen LogP contribution in [0.5, 0.6) is 0 Å². The van der Waals surface area contributed by atoms with Crippen LogP contribution in [0, 0.1) is 0 Å². The lowest BCUT2D eigenvalue weighted by molar-refractivity contribution is -0.137. The number of likely N-dealkylation sites (tertiary alicyclic amines) is 1. The summed E-state index contributed by atoms with van der Waals surface area (Å²) >= 11 is 0. The van der Waals surface area contributed by atoms with Crippen LogP contribution in [-0.2, 0) is 16.1 Å². The Hall–Kier alpha value is -6.28. The first-order chi connectivity index (χ1) is 26.5. The van der Waals surface area contributed by atoms with Crippen LogP contribution in [-0.4, -0.2) is 43.5 Å². The van der Waals surface area contributed by atoms with Gasteiger partial charge in [0.1, 0.15) is 11.9 Å². The van der Waals surface area contributed by atoms with Gasteiger partial charge in [0.15, 0.2) is 0 Å². The summed E-state index contributed by atoms with van der Waals surface area (Å²) in [6.45, 7) is 5.17. The van der Waals surface area contributed by atoms with Crippen molar-refractivity contribution >= 4 is 45.0 Å². The van der Waals surface area contributed by atoms with Gasteiger partial charge in [-0.2, -0.15) is 0 Å². The Bertz CT molecular complexity index is 2410. The molecule has 54 heavy (non-hydrogen) atoms. The Labute approximate surface area is 315 Å². The summed E-state index contributed by atoms with van der Waals surface area (Å²) in [7, 11) is 0. The third-order valence-electron chi connectivity index (χ3n) is 10.4. The summed E-state index contributed by atoms with van der Waals surface area (Å²) in [5, 5.41) is 5.28. The van der Waals surface area contributed by atoms with Crippen molar-refractivity contribution in [2.24, 2.45) is 4.99 Å². The van der Waals surface area contributed by atoms with Crippen LogP contribution in [0.4, 0.5) is 5.69 Å². The third-order valence-corrected chi connectivity index (χ3v) is 10.4. The molecule has 7 aromatic rings. The number of aliphatic imine (C=N–C) groups is 1. The van der Waals surface area contributed by atoms with Crippen molar-refractivity contribution in [2.45, 2.75) is 58.2 Å². The van der Waals surface area contributed by atoms with Gasteiger partial charge in [-0.15, -0.1) is 0 Å². The maximum atomic E-state index is 14.0. The number of amides is 2. The van der Waals surface area contributed by atoms with Gasteiger partial charge < -0.3 is 19.8 Å². The maximum absolute atomic E-state index is 14.0. The fraction of sp³-hybridized carbons (Fsp3) is 0.217. The smallest absolute Gasteiger partial charge is 0.250 e. The van der Waals surface area contributed by atoms with Gasteiger partial charge in [0.25, 0.3) is 0 Å². The fourth-order valence-corrected chi connectivity index (χ4v) is 7.76. The third kappa shape index (κ3) is 6.95. The highest BCUT2D eigenvalue weighted by atomic mass is 16.2. The molecule has 8 nitrogen and oxygen atoms in total. The summed E-state index contributed by atoms with van der Waals surface area (Å²) in [6.07, 6.45) is 5.67. The Morgan fingerprint density at radius 2 is 1.50 bits per heavy atom. The zero-order valence-electron chi connectivity index (χ0n) is 30.7. The Kier molecular flexibility index (Phi) is 9.90. The molecular formula is C46H44N6O2. The van der Waals surface area contributed by atoms with Gasteiger partial charge in [-0.1, -0.05) is 123 Å². The fourth-order valence-electron chi connectivity index (χ4n) is 7.76. The molecule has 2 N–H and O–H groups in total. The highest BCUT2D eigenvalue weighted by molar-refractivity contribution is 6.14. The Morgan fingerprint density at radius 3 is 2.17 bits per heavy atom. The number of imidazole rings is 1. The van der Waals surface area contributed by atoms with E-state index in [4.69, 9.17) is 9.98 Å². The van der Waals surface area contributed by atoms with E-state index >= 15 is 0 Å². The van der Waals surface area contributed by atoms with Crippen LogP contribution < -0.4 is 5.32 Å². The van der Waals surface area contributed by atoms with Crippen molar-refractivity contribution in [3.05, 3.63) is 156 Å². The van der Waals surface area contributed by atoms with E-state index in [2.05, 4.69) is 107 Å². The molecule has 2 aromatic heterocycles. The average molecular weight is 713 g/mol. The number of fused-ring (bicyclic) bond motifs is 3. The molecule has 1 saturated heterocycles. The Balaban J connectivity index is 1.14. The number of nitrogens with one attached hydrogen (secondary N) is 2. The Morgan fingerprint density at radius 1 is 0.852 bits per heavy atom. The van der Waals surface area contributed by atoms with Gasteiger partial charge in [0.2, 0.25) is 11.8 Å². The van der Waals surface area contributed by atoms with Crippen molar-refractivity contribution in [1.82, 2.24) is 24.8 Å². The minimum atomic E-state index is -0.749. The SMILES string of the molecule is CCCCn1c2cc(N=C(c3ccccc3)c3ccccc3)ccc2c2ccc(-c3cnc(C4CCCN4C(=O)[C@H](NC(C)=O)c4ccccc4)[nH]3)cc21. The highest BCUT2D eigenvalue weighted by Gasteiger charge is 2.36. The minimum absolute atomic E-state index is 0.123. The molecule has 8 heteroatoms. The summed E-state index contributed by atoms with van der Waals surface area (Å²) in [6, 6.07) is 42.4. The monoisotopic (exact) mass is 712 g/mol. The van der Waals surface area contributed by atoms with Crippen LogP contribution in [0.2, 0.25) is 0 Å². The van der Waals surface area contributed by atoms with Crippen LogP contribution in [0.15, 0.2) is 139 Å². The molecule has 0 radical (unpaired) electrons. The molecule has 0 saturated carbocycles. The summed E-state index contributed by atoms with van der Waals surface area (Å²) < 4.78 is 2.43. The number of hydrogen-bond donors (Lipinski definition) is 2. The second-order valence-electron chi connectivity index (χ2n) is 14.0. The predicted molar refractivity (Wildman–Crippen MR) is 217 cm³/mol. The molecule has 1 aliphatic heterocycles. The second-order valence-corrected chi connectivity index (χ2v) is 14.0. The quantitative estimate of drug-likeness (QED) is 0.131. The van der Waals surface area contributed by atoms with Gasteiger partial charge in [-0.05, 0) is 43.0 Å². The molecule has 2 amide bonds.